The number of allylic oxidation sites excluding steroid dienone is 6. The quantitative estimate of drug-likeness (QED) is 0.521. The highest BCUT2D eigenvalue weighted by Crippen LogP contribution is 2.38. The first-order chi connectivity index (χ1) is 13.8. The Labute approximate surface area is 178 Å². The minimum absolute atomic E-state index is 0.727. The van der Waals surface area contributed by atoms with E-state index in [0.717, 1.165) is 69.6 Å². The van der Waals surface area contributed by atoms with E-state index in [1.54, 1.807) is 0 Å². The molecule has 0 atom stereocenters. The van der Waals surface area contributed by atoms with Gasteiger partial charge in [-0.2, -0.15) is 5.10 Å². The third kappa shape index (κ3) is 4.33. The zero-order valence-corrected chi connectivity index (χ0v) is 18.5. The summed E-state index contributed by atoms with van der Waals surface area (Å²) in [4.78, 5) is 0. The van der Waals surface area contributed by atoms with E-state index in [2.05, 4.69) is 50.6 Å². The van der Waals surface area contributed by atoms with Crippen LogP contribution in [0.5, 0.6) is 0 Å². The van der Waals surface area contributed by atoms with Gasteiger partial charge in [0, 0.05) is 29.0 Å². The van der Waals surface area contributed by atoms with E-state index in [4.69, 9.17) is 16.7 Å². The van der Waals surface area contributed by atoms with Gasteiger partial charge in [0.2, 0.25) is 0 Å². The van der Waals surface area contributed by atoms with E-state index < -0.39 is 0 Å². The number of rotatable bonds is 7. The number of hydrogen-bond acceptors (Lipinski definition) is 3. The number of halogens is 1. The highest BCUT2D eigenvalue weighted by molar-refractivity contribution is 6.30. The molecule has 1 aliphatic heterocycles. The lowest BCUT2D eigenvalue weighted by atomic mass is 9.99. The van der Waals surface area contributed by atoms with Crippen LogP contribution in [0.3, 0.4) is 0 Å². The summed E-state index contributed by atoms with van der Waals surface area (Å²) < 4.78 is 1.90. The zero-order chi connectivity index (χ0) is 21.1. The Hall–Kier alpha value is -2.72. The van der Waals surface area contributed by atoms with Crippen molar-refractivity contribution < 1.29 is 0 Å². The Kier molecular flexibility index (Phi) is 6.33. The Morgan fingerprint density at radius 1 is 1.24 bits per heavy atom. The highest BCUT2D eigenvalue weighted by Gasteiger charge is 2.23. The number of anilines is 1. The molecular formula is C24H29ClN4. The van der Waals surface area contributed by atoms with E-state index in [1.807, 2.05) is 36.0 Å². The van der Waals surface area contributed by atoms with Gasteiger partial charge in [-0.25, -0.2) is 4.68 Å². The Balaban J connectivity index is 1.93. The average Bonchev–Trinajstić information content (AvgIpc) is 3.07. The molecule has 0 fully saturated rings. The van der Waals surface area contributed by atoms with Crippen LogP contribution in [0.15, 0.2) is 66.0 Å². The second kappa shape index (κ2) is 8.75. The van der Waals surface area contributed by atoms with Crippen LogP contribution in [0.25, 0.3) is 16.8 Å². The third-order valence-corrected chi connectivity index (χ3v) is 5.56. The summed E-state index contributed by atoms with van der Waals surface area (Å²) in [6.07, 6.45) is 4.69. The molecule has 0 spiro atoms. The van der Waals surface area contributed by atoms with Crippen molar-refractivity contribution in [2.45, 2.75) is 40.0 Å². The Morgan fingerprint density at radius 3 is 2.52 bits per heavy atom. The molecule has 5 heteroatoms. The largest absolute Gasteiger partial charge is 0.391 e. The molecule has 29 heavy (non-hydrogen) atoms. The number of nitrogens with one attached hydrogen (secondary N) is 2. The van der Waals surface area contributed by atoms with Crippen molar-refractivity contribution in [3.05, 3.63) is 76.8 Å². The lowest BCUT2D eigenvalue weighted by Crippen LogP contribution is -2.14. The van der Waals surface area contributed by atoms with Crippen LogP contribution in [0.2, 0.25) is 5.02 Å². The molecule has 2 aromatic rings. The van der Waals surface area contributed by atoms with Crippen molar-refractivity contribution in [3.63, 3.8) is 0 Å². The first-order valence-electron chi connectivity index (χ1n) is 9.93. The average molecular weight is 409 g/mol. The predicted octanol–water partition coefficient (Wildman–Crippen LogP) is 6.40. The molecule has 2 heterocycles. The molecule has 0 radical (unpaired) electrons. The fraction of sp³-hybridized carbons (Fsp3) is 0.292. The normalized spacial score (nSPS) is 14.0. The van der Waals surface area contributed by atoms with Gasteiger partial charge in [0.05, 0.1) is 11.4 Å². The monoisotopic (exact) mass is 408 g/mol. The number of aryl methyl sites for hydroxylation is 1. The molecule has 2 N–H and O–H groups in total. The minimum atomic E-state index is 0.727. The fourth-order valence-corrected chi connectivity index (χ4v) is 3.80. The molecule has 0 saturated heterocycles. The summed E-state index contributed by atoms with van der Waals surface area (Å²) in [6, 6.07) is 7.92. The molecule has 0 amide bonds. The van der Waals surface area contributed by atoms with Crippen LogP contribution in [0.1, 0.15) is 39.3 Å². The van der Waals surface area contributed by atoms with Gasteiger partial charge < -0.3 is 10.6 Å². The molecule has 1 aromatic heterocycles. The second-order valence-electron chi connectivity index (χ2n) is 7.36. The third-order valence-electron chi connectivity index (χ3n) is 5.30. The number of hydrogen-bond donors (Lipinski definition) is 2. The molecule has 0 unspecified atom stereocenters. The first kappa shape index (κ1) is 21.0. The molecule has 1 aliphatic rings. The summed E-state index contributed by atoms with van der Waals surface area (Å²) in [5.41, 5.74) is 8.75. The SMILES string of the molecule is C=C(C)/C(CCC1=CC(=C)n2nc(CC)c(-c3ccc(Cl)cc3)c2N1)=C(/C)NC. The van der Waals surface area contributed by atoms with Gasteiger partial charge in [-0.15, -0.1) is 0 Å². The minimum Gasteiger partial charge on any atom is -0.391 e. The van der Waals surface area contributed by atoms with Gasteiger partial charge in [-0.3, -0.25) is 0 Å². The maximum Gasteiger partial charge on any atom is 0.142 e. The molecule has 1 aromatic carbocycles. The van der Waals surface area contributed by atoms with Crippen LogP contribution < -0.4 is 10.6 Å². The van der Waals surface area contributed by atoms with Gasteiger partial charge in [-0.05, 0) is 62.5 Å². The van der Waals surface area contributed by atoms with Crippen LogP contribution >= 0.6 is 11.6 Å². The van der Waals surface area contributed by atoms with Gasteiger partial charge in [0.25, 0.3) is 0 Å². The van der Waals surface area contributed by atoms with Crippen molar-refractivity contribution in [2.75, 3.05) is 12.4 Å². The van der Waals surface area contributed by atoms with Crippen LogP contribution in [0, 0.1) is 0 Å². The first-order valence-corrected chi connectivity index (χ1v) is 10.3. The van der Waals surface area contributed by atoms with E-state index >= 15 is 0 Å². The number of benzene rings is 1. The van der Waals surface area contributed by atoms with Crippen molar-refractivity contribution in [1.29, 1.82) is 0 Å². The number of nitrogens with zero attached hydrogens (tertiary/aromatic N) is 2. The topological polar surface area (TPSA) is 41.9 Å². The lowest BCUT2D eigenvalue weighted by molar-refractivity contribution is 0.836. The standard InChI is InChI=1S/C24H29ClN4/c1-7-22-23(18-8-10-19(25)11-9-18)24-27-20(14-16(4)29(24)28-22)12-13-21(15(2)3)17(5)26-6/h8-11,14,26-27H,2,4,7,12-13H2,1,3,5-6H3/b21-17-. The van der Waals surface area contributed by atoms with Gasteiger partial charge in [-0.1, -0.05) is 49.4 Å². The Morgan fingerprint density at radius 2 is 1.93 bits per heavy atom. The molecule has 0 aliphatic carbocycles. The van der Waals surface area contributed by atoms with E-state index in [9.17, 15) is 0 Å². The van der Waals surface area contributed by atoms with Crippen molar-refractivity contribution >= 4 is 23.1 Å². The maximum atomic E-state index is 6.09. The smallest absolute Gasteiger partial charge is 0.142 e. The fourth-order valence-electron chi connectivity index (χ4n) is 3.67. The molecule has 4 nitrogen and oxygen atoms in total. The van der Waals surface area contributed by atoms with Crippen molar-refractivity contribution in [1.82, 2.24) is 15.1 Å². The lowest BCUT2D eigenvalue weighted by Gasteiger charge is -2.21. The summed E-state index contributed by atoms with van der Waals surface area (Å²) in [5.74, 6) is 0.970. The summed E-state index contributed by atoms with van der Waals surface area (Å²) >= 11 is 6.09. The van der Waals surface area contributed by atoms with Crippen molar-refractivity contribution in [2.24, 2.45) is 0 Å². The second-order valence-corrected chi connectivity index (χ2v) is 7.80. The molecule has 0 saturated carbocycles. The van der Waals surface area contributed by atoms with Gasteiger partial charge in [0.15, 0.2) is 0 Å². The zero-order valence-electron chi connectivity index (χ0n) is 17.7. The maximum absolute atomic E-state index is 6.09. The number of aromatic nitrogens is 2. The molecule has 0 bridgehead atoms. The molecule has 3 rings (SSSR count). The van der Waals surface area contributed by atoms with Crippen LogP contribution in [-0.4, -0.2) is 16.8 Å². The van der Waals surface area contributed by atoms with E-state index in [1.165, 1.54) is 5.57 Å². The molecule has 152 valence electrons. The summed E-state index contributed by atoms with van der Waals surface area (Å²) in [5, 5.41) is 12.4. The highest BCUT2D eigenvalue weighted by atomic mass is 35.5. The summed E-state index contributed by atoms with van der Waals surface area (Å²) in [7, 11) is 1.95. The van der Waals surface area contributed by atoms with Crippen LogP contribution in [0.4, 0.5) is 5.82 Å². The van der Waals surface area contributed by atoms with Crippen molar-refractivity contribution in [3.8, 4) is 11.1 Å². The number of fused-ring (bicyclic) bond motifs is 1. The van der Waals surface area contributed by atoms with E-state index in [0.29, 0.717) is 0 Å². The predicted molar refractivity (Wildman–Crippen MR) is 125 cm³/mol. The van der Waals surface area contributed by atoms with Gasteiger partial charge in [0.1, 0.15) is 5.82 Å². The van der Waals surface area contributed by atoms with E-state index in [-0.39, 0.29) is 0 Å². The molecular weight excluding hydrogens is 380 g/mol. The summed E-state index contributed by atoms with van der Waals surface area (Å²) in [6.45, 7) is 14.6. The Bertz CT molecular complexity index is 1010. The van der Waals surface area contributed by atoms with Gasteiger partial charge >= 0.3 is 0 Å². The van der Waals surface area contributed by atoms with Crippen LogP contribution in [-0.2, 0) is 6.42 Å².